The molecule has 7 nitrogen and oxygen atoms in total. The van der Waals surface area contributed by atoms with Gasteiger partial charge in [0.15, 0.2) is 5.69 Å². The van der Waals surface area contributed by atoms with Gasteiger partial charge in [-0.3, -0.25) is 9.69 Å². The van der Waals surface area contributed by atoms with Crippen LogP contribution in [0.3, 0.4) is 0 Å². The van der Waals surface area contributed by atoms with Crippen LogP contribution < -0.4 is 5.32 Å². The molecular formula is C25H31N5O2. The number of nitrogens with zero attached hydrogens (tertiary/aromatic N) is 4. The average Bonchev–Trinajstić information content (AvgIpc) is 3.31. The van der Waals surface area contributed by atoms with Crippen molar-refractivity contribution in [2.75, 3.05) is 26.2 Å². The minimum Gasteiger partial charge on any atom is -0.396 e. The van der Waals surface area contributed by atoms with E-state index in [2.05, 4.69) is 76.0 Å². The molecule has 2 N–H and O–H groups in total. The number of hydrogen-bond donors (Lipinski definition) is 2. The maximum Gasteiger partial charge on any atom is 0.273 e. The molecule has 0 unspecified atom stereocenters. The van der Waals surface area contributed by atoms with Gasteiger partial charge >= 0.3 is 0 Å². The van der Waals surface area contributed by atoms with Crippen molar-refractivity contribution < 1.29 is 9.90 Å². The average molecular weight is 434 g/mol. The highest BCUT2D eigenvalue weighted by Gasteiger charge is 2.22. The number of nitrogens with one attached hydrogen (secondary N) is 1. The van der Waals surface area contributed by atoms with Crippen molar-refractivity contribution >= 4 is 5.91 Å². The Labute approximate surface area is 189 Å². The second-order valence-electron chi connectivity index (χ2n) is 8.44. The Morgan fingerprint density at radius 1 is 1.12 bits per heavy atom. The van der Waals surface area contributed by atoms with Gasteiger partial charge in [-0.1, -0.05) is 53.7 Å². The van der Waals surface area contributed by atoms with Gasteiger partial charge < -0.3 is 10.4 Å². The summed E-state index contributed by atoms with van der Waals surface area (Å²) in [5.41, 5.74) is 5.49. The lowest BCUT2D eigenvalue weighted by atomic mass is 9.99. The van der Waals surface area contributed by atoms with Crippen molar-refractivity contribution in [1.29, 1.82) is 0 Å². The number of aliphatic hydroxyl groups excluding tert-OH is 1. The van der Waals surface area contributed by atoms with E-state index < -0.39 is 0 Å². The molecule has 1 aromatic heterocycles. The summed E-state index contributed by atoms with van der Waals surface area (Å²) in [6.07, 6.45) is 4.23. The molecule has 0 aliphatic carbocycles. The van der Waals surface area contributed by atoms with Crippen LogP contribution in [-0.4, -0.2) is 57.1 Å². The summed E-state index contributed by atoms with van der Waals surface area (Å²) in [6.45, 7) is 5.56. The lowest BCUT2D eigenvalue weighted by Crippen LogP contribution is -2.34. The van der Waals surface area contributed by atoms with E-state index in [1.807, 2.05) is 4.68 Å². The zero-order chi connectivity index (χ0) is 22.3. The predicted octanol–water partition coefficient (Wildman–Crippen LogP) is 3.20. The number of carbonyl (C=O) groups excluding carboxylic acids is 1. The number of aryl methyl sites for hydroxylation is 1. The predicted molar refractivity (Wildman–Crippen MR) is 124 cm³/mol. The number of aromatic nitrogens is 3. The van der Waals surface area contributed by atoms with Gasteiger partial charge in [-0.2, -0.15) is 0 Å². The van der Waals surface area contributed by atoms with Gasteiger partial charge in [0.2, 0.25) is 0 Å². The molecule has 1 amide bonds. The van der Waals surface area contributed by atoms with Crippen LogP contribution in [0.5, 0.6) is 0 Å². The number of piperidine rings is 1. The summed E-state index contributed by atoms with van der Waals surface area (Å²) in [6, 6.07) is 17.6. The Bertz CT molecular complexity index is 1020. The quantitative estimate of drug-likeness (QED) is 0.533. The summed E-state index contributed by atoms with van der Waals surface area (Å²) in [4.78, 5) is 14.6. The van der Waals surface area contributed by atoms with Crippen LogP contribution in [-0.2, 0) is 6.54 Å². The van der Waals surface area contributed by atoms with E-state index in [0.29, 0.717) is 18.7 Å². The second-order valence-corrected chi connectivity index (χ2v) is 8.44. The highest BCUT2D eigenvalue weighted by Crippen LogP contribution is 2.25. The summed E-state index contributed by atoms with van der Waals surface area (Å²) in [5.74, 6) is -0.240. The van der Waals surface area contributed by atoms with E-state index >= 15 is 0 Å². The lowest BCUT2D eigenvalue weighted by molar-refractivity contribution is 0.0946. The number of benzene rings is 2. The first-order valence-corrected chi connectivity index (χ1v) is 11.3. The molecule has 1 fully saturated rings. The minimum absolute atomic E-state index is 0.0579. The third-order valence-corrected chi connectivity index (χ3v) is 6.11. The van der Waals surface area contributed by atoms with E-state index in [1.165, 1.54) is 22.3 Å². The van der Waals surface area contributed by atoms with Crippen LogP contribution in [0.15, 0.2) is 54.7 Å². The Morgan fingerprint density at radius 3 is 2.59 bits per heavy atom. The third-order valence-electron chi connectivity index (χ3n) is 6.11. The molecule has 1 aliphatic rings. The molecule has 0 bridgehead atoms. The SMILES string of the molecule is Cc1ccccc1-c1ccc(CN2CCC(n3cc(C(=O)NCCCO)nn3)CC2)cc1. The molecule has 3 aromatic rings. The fourth-order valence-electron chi connectivity index (χ4n) is 4.22. The van der Waals surface area contributed by atoms with Crippen LogP contribution in [0, 0.1) is 6.92 Å². The van der Waals surface area contributed by atoms with Gasteiger partial charge in [-0.15, -0.1) is 5.10 Å². The summed E-state index contributed by atoms with van der Waals surface area (Å²) in [5, 5.41) is 19.8. The molecule has 2 aromatic carbocycles. The van der Waals surface area contributed by atoms with E-state index in [0.717, 1.165) is 32.5 Å². The van der Waals surface area contributed by atoms with Crippen molar-refractivity contribution in [2.45, 2.75) is 38.8 Å². The number of carbonyl (C=O) groups is 1. The first-order valence-electron chi connectivity index (χ1n) is 11.3. The Balaban J connectivity index is 1.28. The largest absolute Gasteiger partial charge is 0.396 e. The second kappa shape index (κ2) is 10.5. The normalized spacial score (nSPS) is 15.1. The molecule has 4 rings (SSSR count). The van der Waals surface area contributed by atoms with Crippen molar-refractivity contribution in [1.82, 2.24) is 25.2 Å². The van der Waals surface area contributed by atoms with E-state index in [4.69, 9.17) is 5.11 Å². The van der Waals surface area contributed by atoms with Crippen LogP contribution >= 0.6 is 0 Å². The van der Waals surface area contributed by atoms with Crippen molar-refractivity contribution in [3.05, 3.63) is 71.5 Å². The molecule has 7 heteroatoms. The molecule has 0 spiro atoms. The van der Waals surface area contributed by atoms with E-state index in [9.17, 15) is 4.79 Å². The first-order chi connectivity index (χ1) is 15.6. The molecule has 2 heterocycles. The van der Waals surface area contributed by atoms with Crippen LogP contribution in [0.1, 0.15) is 46.9 Å². The van der Waals surface area contributed by atoms with Crippen LogP contribution in [0.2, 0.25) is 0 Å². The summed E-state index contributed by atoms with van der Waals surface area (Å²) < 4.78 is 1.83. The number of likely N-dealkylation sites (tertiary alicyclic amines) is 1. The summed E-state index contributed by atoms with van der Waals surface area (Å²) in [7, 11) is 0. The molecule has 1 aliphatic heterocycles. The molecule has 0 atom stereocenters. The molecular weight excluding hydrogens is 402 g/mol. The number of hydrogen-bond acceptors (Lipinski definition) is 5. The first kappa shape index (κ1) is 22.2. The number of aliphatic hydroxyl groups is 1. The van der Waals surface area contributed by atoms with E-state index in [-0.39, 0.29) is 18.6 Å². The molecule has 168 valence electrons. The Morgan fingerprint density at radius 2 is 1.88 bits per heavy atom. The van der Waals surface area contributed by atoms with Gasteiger partial charge in [-0.05, 0) is 48.4 Å². The van der Waals surface area contributed by atoms with Crippen molar-refractivity contribution in [3.63, 3.8) is 0 Å². The van der Waals surface area contributed by atoms with Crippen molar-refractivity contribution in [2.24, 2.45) is 0 Å². The number of amides is 1. The zero-order valence-corrected chi connectivity index (χ0v) is 18.6. The van der Waals surface area contributed by atoms with Gasteiger partial charge in [0.05, 0.1) is 12.2 Å². The summed E-state index contributed by atoms with van der Waals surface area (Å²) >= 11 is 0. The standard InChI is InChI=1S/C25H31N5O2/c1-19-5-2-3-6-23(19)21-9-7-20(8-10-21)17-29-14-11-22(12-15-29)30-18-24(27-28-30)25(32)26-13-4-16-31/h2-3,5-10,18,22,31H,4,11-17H2,1H3,(H,26,32). The molecule has 0 radical (unpaired) electrons. The molecule has 1 saturated heterocycles. The number of rotatable bonds is 8. The fraction of sp³-hybridized carbons (Fsp3) is 0.400. The highest BCUT2D eigenvalue weighted by molar-refractivity contribution is 5.91. The maximum atomic E-state index is 12.1. The van der Waals surface area contributed by atoms with Gasteiger partial charge in [0.1, 0.15) is 0 Å². The smallest absolute Gasteiger partial charge is 0.273 e. The molecule has 0 saturated carbocycles. The maximum absolute atomic E-state index is 12.1. The van der Waals surface area contributed by atoms with Crippen molar-refractivity contribution in [3.8, 4) is 11.1 Å². The molecule has 32 heavy (non-hydrogen) atoms. The third kappa shape index (κ3) is 5.41. The minimum atomic E-state index is -0.240. The van der Waals surface area contributed by atoms with Crippen LogP contribution in [0.25, 0.3) is 11.1 Å². The monoisotopic (exact) mass is 433 g/mol. The van der Waals surface area contributed by atoms with Gasteiger partial charge in [0.25, 0.3) is 5.91 Å². The lowest BCUT2D eigenvalue weighted by Gasteiger charge is -2.31. The van der Waals surface area contributed by atoms with Gasteiger partial charge in [-0.25, -0.2) is 4.68 Å². The van der Waals surface area contributed by atoms with Gasteiger partial charge in [0, 0.05) is 32.8 Å². The fourth-order valence-corrected chi connectivity index (χ4v) is 4.22. The Hall–Kier alpha value is -3.03. The Kier molecular flexibility index (Phi) is 7.29. The van der Waals surface area contributed by atoms with Crippen LogP contribution in [0.4, 0.5) is 0 Å². The topological polar surface area (TPSA) is 83.3 Å². The van der Waals surface area contributed by atoms with E-state index in [1.54, 1.807) is 6.20 Å². The zero-order valence-electron chi connectivity index (χ0n) is 18.6. The highest BCUT2D eigenvalue weighted by atomic mass is 16.3.